The summed E-state index contributed by atoms with van der Waals surface area (Å²) in [7, 11) is -3.80. The van der Waals surface area contributed by atoms with Gasteiger partial charge in [-0.1, -0.05) is 32.0 Å². The van der Waals surface area contributed by atoms with Crippen molar-refractivity contribution >= 4 is 27.4 Å². The summed E-state index contributed by atoms with van der Waals surface area (Å²) < 4.78 is 27.8. The highest BCUT2D eigenvalue weighted by Crippen LogP contribution is 2.27. The van der Waals surface area contributed by atoms with Crippen LogP contribution in [0.15, 0.2) is 47.4 Å². The molecule has 6 nitrogen and oxygen atoms in total. The summed E-state index contributed by atoms with van der Waals surface area (Å²) in [4.78, 5) is 14.0. The van der Waals surface area contributed by atoms with E-state index in [4.69, 9.17) is 0 Å². The molecule has 2 rings (SSSR count). The van der Waals surface area contributed by atoms with Gasteiger partial charge in [0.05, 0.1) is 16.1 Å². The average molecular weight is 391 g/mol. The average Bonchev–Trinajstić information content (AvgIpc) is 2.61. The quantitative estimate of drug-likeness (QED) is 0.672. The second-order valence-electron chi connectivity index (χ2n) is 6.40. The molecule has 146 valence electrons. The highest BCUT2D eigenvalue weighted by molar-refractivity contribution is 7.92. The van der Waals surface area contributed by atoms with E-state index >= 15 is 0 Å². The molecule has 0 aliphatic carbocycles. The second-order valence-corrected chi connectivity index (χ2v) is 8.05. The highest BCUT2D eigenvalue weighted by Gasteiger charge is 2.20. The first-order valence-electron chi connectivity index (χ1n) is 9.00. The maximum absolute atomic E-state index is 12.7. The van der Waals surface area contributed by atoms with E-state index in [0.717, 1.165) is 25.9 Å². The summed E-state index contributed by atoms with van der Waals surface area (Å²) in [5, 5.41) is 9.63. The standard InChI is InChI=1S/C20H26N2O4S/c1-4-12-22(13-5-2)18-11-10-16(14-17(18)20(23)24)21-27(25,26)19-9-7-6-8-15(19)3/h6-11,14,21H,4-5,12-13H2,1-3H3,(H,23,24). The van der Waals surface area contributed by atoms with Crippen molar-refractivity contribution in [1.82, 2.24) is 0 Å². The molecule has 0 fully saturated rings. The molecule has 0 aromatic heterocycles. The van der Waals surface area contributed by atoms with Gasteiger partial charge in [0.2, 0.25) is 0 Å². The molecule has 0 aliphatic heterocycles. The zero-order valence-electron chi connectivity index (χ0n) is 15.9. The summed E-state index contributed by atoms with van der Waals surface area (Å²) in [6.07, 6.45) is 1.78. The molecular weight excluding hydrogens is 364 g/mol. The number of aromatic carboxylic acids is 1. The molecule has 2 N–H and O–H groups in total. The zero-order valence-corrected chi connectivity index (χ0v) is 16.7. The molecule has 0 spiro atoms. The minimum Gasteiger partial charge on any atom is -0.478 e. The third-order valence-electron chi connectivity index (χ3n) is 4.19. The molecule has 0 amide bonds. The Balaban J connectivity index is 2.41. The van der Waals surface area contributed by atoms with Crippen molar-refractivity contribution in [2.24, 2.45) is 0 Å². The van der Waals surface area contributed by atoms with Crippen LogP contribution in [-0.4, -0.2) is 32.6 Å². The highest BCUT2D eigenvalue weighted by atomic mass is 32.2. The minimum absolute atomic E-state index is 0.0851. The van der Waals surface area contributed by atoms with E-state index in [1.165, 1.54) is 12.1 Å². The number of aryl methyl sites for hydroxylation is 1. The smallest absolute Gasteiger partial charge is 0.337 e. The number of hydrogen-bond acceptors (Lipinski definition) is 4. The van der Waals surface area contributed by atoms with Gasteiger partial charge in [-0.15, -0.1) is 0 Å². The van der Waals surface area contributed by atoms with Crippen molar-refractivity contribution < 1.29 is 18.3 Å². The van der Waals surface area contributed by atoms with Gasteiger partial charge >= 0.3 is 5.97 Å². The van der Waals surface area contributed by atoms with E-state index in [-0.39, 0.29) is 16.1 Å². The molecule has 2 aromatic carbocycles. The Labute approximate surface area is 160 Å². The summed E-state index contributed by atoms with van der Waals surface area (Å²) in [5.74, 6) is -1.08. The van der Waals surface area contributed by atoms with Crippen LogP contribution in [0.3, 0.4) is 0 Å². The van der Waals surface area contributed by atoms with E-state index in [2.05, 4.69) is 4.72 Å². The summed E-state index contributed by atoms with van der Waals surface area (Å²) in [5.41, 5.74) is 1.54. The molecule has 0 saturated carbocycles. The number of nitrogens with one attached hydrogen (secondary N) is 1. The van der Waals surface area contributed by atoms with Crippen molar-refractivity contribution in [3.63, 3.8) is 0 Å². The van der Waals surface area contributed by atoms with Crippen LogP contribution < -0.4 is 9.62 Å². The van der Waals surface area contributed by atoms with Gasteiger partial charge in [0, 0.05) is 18.8 Å². The number of benzene rings is 2. The minimum atomic E-state index is -3.80. The monoisotopic (exact) mass is 390 g/mol. The molecular formula is C20H26N2O4S. The third kappa shape index (κ3) is 5.01. The fourth-order valence-electron chi connectivity index (χ4n) is 3.01. The summed E-state index contributed by atoms with van der Waals surface area (Å²) >= 11 is 0. The normalized spacial score (nSPS) is 11.2. The number of nitrogens with zero attached hydrogens (tertiary/aromatic N) is 1. The number of rotatable bonds is 9. The van der Waals surface area contributed by atoms with Gasteiger partial charge in [0.15, 0.2) is 0 Å². The van der Waals surface area contributed by atoms with Crippen LogP contribution in [0.25, 0.3) is 0 Å². The fraction of sp³-hybridized carbons (Fsp3) is 0.350. The van der Waals surface area contributed by atoms with Gasteiger partial charge in [0.25, 0.3) is 10.0 Å². The number of carboxylic acids is 1. The van der Waals surface area contributed by atoms with Crippen molar-refractivity contribution in [3.8, 4) is 0 Å². The van der Waals surface area contributed by atoms with E-state index < -0.39 is 16.0 Å². The number of hydrogen-bond donors (Lipinski definition) is 2. The Morgan fingerprint density at radius 1 is 1.07 bits per heavy atom. The molecule has 0 unspecified atom stereocenters. The Kier molecular flexibility index (Phi) is 6.85. The largest absolute Gasteiger partial charge is 0.478 e. The lowest BCUT2D eigenvalue weighted by Gasteiger charge is -2.25. The van der Waals surface area contributed by atoms with Crippen LogP contribution in [0.4, 0.5) is 11.4 Å². The first kappa shape index (κ1) is 20.8. The van der Waals surface area contributed by atoms with Gasteiger partial charge in [-0.3, -0.25) is 4.72 Å². The van der Waals surface area contributed by atoms with E-state index in [0.29, 0.717) is 11.3 Å². The van der Waals surface area contributed by atoms with Gasteiger partial charge in [0.1, 0.15) is 0 Å². The Bertz CT molecular complexity index is 904. The van der Waals surface area contributed by atoms with Gasteiger partial charge < -0.3 is 10.0 Å². The molecule has 27 heavy (non-hydrogen) atoms. The van der Waals surface area contributed by atoms with E-state index in [9.17, 15) is 18.3 Å². The van der Waals surface area contributed by atoms with Crippen LogP contribution >= 0.6 is 0 Å². The van der Waals surface area contributed by atoms with Crippen LogP contribution in [0, 0.1) is 6.92 Å². The maximum Gasteiger partial charge on any atom is 0.337 e. The molecule has 0 saturated heterocycles. The molecule has 0 heterocycles. The molecule has 0 radical (unpaired) electrons. The maximum atomic E-state index is 12.7. The van der Waals surface area contributed by atoms with Gasteiger partial charge in [-0.05, 0) is 49.6 Å². The molecule has 0 bridgehead atoms. The first-order valence-corrected chi connectivity index (χ1v) is 10.5. The van der Waals surface area contributed by atoms with E-state index in [1.807, 2.05) is 18.7 Å². The van der Waals surface area contributed by atoms with Crippen LogP contribution in [0.5, 0.6) is 0 Å². The molecule has 2 aromatic rings. The van der Waals surface area contributed by atoms with Gasteiger partial charge in [-0.2, -0.15) is 0 Å². The van der Waals surface area contributed by atoms with Crippen LogP contribution in [0.2, 0.25) is 0 Å². The number of carbonyl (C=O) groups is 1. The summed E-state index contributed by atoms with van der Waals surface area (Å²) in [6.45, 7) is 7.26. The summed E-state index contributed by atoms with van der Waals surface area (Å²) in [6, 6.07) is 11.3. The lowest BCUT2D eigenvalue weighted by Crippen LogP contribution is -2.27. The van der Waals surface area contributed by atoms with Crippen molar-refractivity contribution in [1.29, 1.82) is 0 Å². The lowest BCUT2D eigenvalue weighted by molar-refractivity contribution is 0.0697. The molecule has 0 aliphatic rings. The number of anilines is 2. The van der Waals surface area contributed by atoms with Crippen LogP contribution in [0.1, 0.15) is 42.6 Å². The fourth-order valence-corrected chi connectivity index (χ4v) is 4.30. The predicted molar refractivity (Wildman–Crippen MR) is 108 cm³/mol. The Hall–Kier alpha value is -2.54. The third-order valence-corrected chi connectivity index (χ3v) is 5.73. The zero-order chi connectivity index (χ0) is 20.0. The first-order chi connectivity index (χ1) is 12.8. The van der Waals surface area contributed by atoms with E-state index in [1.54, 1.807) is 37.3 Å². The SMILES string of the molecule is CCCN(CCC)c1ccc(NS(=O)(=O)c2ccccc2C)cc1C(=O)O. The Morgan fingerprint density at radius 3 is 2.26 bits per heavy atom. The van der Waals surface area contributed by atoms with Crippen molar-refractivity contribution in [3.05, 3.63) is 53.6 Å². The second kappa shape index (κ2) is 8.90. The molecule has 0 atom stereocenters. The van der Waals surface area contributed by atoms with Gasteiger partial charge in [-0.25, -0.2) is 13.2 Å². The van der Waals surface area contributed by atoms with Crippen molar-refractivity contribution in [2.75, 3.05) is 22.7 Å². The van der Waals surface area contributed by atoms with Crippen LogP contribution in [-0.2, 0) is 10.0 Å². The number of carboxylic acid groups (broad SMARTS) is 1. The van der Waals surface area contributed by atoms with Crippen molar-refractivity contribution in [2.45, 2.75) is 38.5 Å². The number of sulfonamides is 1. The Morgan fingerprint density at radius 2 is 1.70 bits per heavy atom. The predicted octanol–water partition coefficient (Wildman–Crippen LogP) is 4.12. The lowest BCUT2D eigenvalue weighted by atomic mass is 10.1. The topological polar surface area (TPSA) is 86.7 Å². The molecule has 7 heteroatoms.